The van der Waals surface area contributed by atoms with Gasteiger partial charge >= 0.3 is 0 Å². The van der Waals surface area contributed by atoms with Crippen LogP contribution in [0.3, 0.4) is 0 Å². The number of aliphatic imine (C=N–C) groups is 1. The molecule has 0 heterocycles. The molecule has 0 spiro atoms. The second kappa shape index (κ2) is 6.50. The highest BCUT2D eigenvalue weighted by Crippen LogP contribution is 2.28. The van der Waals surface area contributed by atoms with Crippen molar-refractivity contribution in [2.24, 2.45) is 10.9 Å². The van der Waals surface area contributed by atoms with Crippen LogP contribution >= 0.6 is 0 Å². The molecule has 0 saturated heterocycles. The molecule has 1 fully saturated rings. The average molecular weight is 277 g/mol. The van der Waals surface area contributed by atoms with Gasteiger partial charge in [0.05, 0.1) is 7.11 Å². The number of nitrogens with one attached hydrogen (secondary N) is 2. The summed E-state index contributed by atoms with van der Waals surface area (Å²) >= 11 is 0. The van der Waals surface area contributed by atoms with Gasteiger partial charge in [-0.15, -0.1) is 0 Å². The third-order valence-corrected chi connectivity index (χ3v) is 3.63. The Balaban J connectivity index is 1.79. The Hall–Kier alpha value is -1.91. The van der Waals surface area contributed by atoms with Crippen LogP contribution in [0.25, 0.3) is 0 Å². The molecule has 1 aliphatic carbocycles. The van der Waals surface area contributed by atoms with E-state index in [0.717, 1.165) is 30.4 Å². The Morgan fingerprint density at radius 3 is 2.80 bits per heavy atom. The third kappa shape index (κ3) is 3.79. The smallest absolute Gasteiger partial charge is 0.191 e. The van der Waals surface area contributed by atoms with Gasteiger partial charge in [-0.05, 0) is 30.4 Å². The maximum absolute atomic E-state index is 9.88. The highest BCUT2D eigenvalue weighted by atomic mass is 16.5. The molecular weight excluding hydrogens is 254 g/mol. The summed E-state index contributed by atoms with van der Waals surface area (Å²) in [6.45, 7) is 2.95. The van der Waals surface area contributed by atoms with Crippen LogP contribution in [0, 0.1) is 5.92 Å². The molecule has 5 nitrogen and oxygen atoms in total. The summed E-state index contributed by atoms with van der Waals surface area (Å²) in [7, 11) is 3.36. The van der Waals surface area contributed by atoms with Gasteiger partial charge in [-0.25, -0.2) is 0 Å². The minimum Gasteiger partial charge on any atom is -0.508 e. The third-order valence-electron chi connectivity index (χ3n) is 3.63. The fourth-order valence-electron chi connectivity index (χ4n) is 2.09. The topological polar surface area (TPSA) is 65.9 Å². The number of nitrogens with zero attached hydrogens (tertiary/aromatic N) is 1. The number of rotatable bonds is 5. The zero-order valence-electron chi connectivity index (χ0n) is 12.3. The summed E-state index contributed by atoms with van der Waals surface area (Å²) in [6.07, 6.45) is 1.94. The van der Waals surface area contributed by atoms with Crippen molar-refractivity contribution in [2.75, 3.05) is 20.7 Å². The number of phenols is 1. The van der Waals surface area contributed by atoms with Crippen LogP contribution in [0.5, 0.6) is 11.5 Å². The van der Waals surface area contributed by atoms with Crippen molar-refractivity contribution >= 4 is 5.96 Å². The van der Waals surface area contributed by atoms with Gasteiger partial charge in [-0.2, -0.15) is 0 Å². The first-order valence-electron chi connectivity index (χ1n) is 6.97. The fourth-order valence-corrected chi connectivity index (χ4v) is 2.09. The maximum atomic E-state index is 9.88. The Kier molecular flexibility index (Phi) is 4.71. The van der Waals surface area contributed by atoms with Gasteiger partial charge in [-0.3, -0.25) is 4.99 Å². The summed E-state index contributed by atoms with van der Waals surface area (Å²) < 4.78 is 5.07. The molecule has 0 radical (unpaired) electrons. The van der Waals surface area contributed by atoms with Crippen molar-refractivity contribution in [1.82, 2.24) is 10.6 Å². The minimum atomic E-state index is 0.268. The van der Waals surface area contributed by atoms with Gasteiger partial charge in [0.25, 0.3) is 0 Å². The number of benzene rings is 1. The molecule has 2 atom stereocenters. The molecule has 1 saturated carbocycles. The first-order valence-corrected chi connectivity index (χ1v) is 6.97. The number of hydrogen-bond acceptors (Lipinski definition) is 3. The van der Waals surface area contributed by atoms with E-state index in [9.17, 15) is 5.11 Å². The van der Waals surface area contributed by atoms with E-state index in [2.05, 4.69) is 22.5 Å². The van der Waals surface area contributed by atoms with E-state index < -0.39 is 0 Å². The van der Waals surface area contributed by atoms with Gasteiger partial charge in [0.1, 0.15) is 11.5 Å². The summed E-state index contributed by atoms with van der Waals surface area (Å²) in [5.74, 6) is 2.50. The minimum absolute atomic E-state index is 0.268. The zero-order chi connectivity index (χ0) is 14.5. The Bertz CT molecular complexity index is 488. The van der Waals surface area contributed by atoms with E-state index in [1.807, 2.05) is 12.1 Å². The number of phenolic OH excluding ortho intramolecular Hbond substituents is 1. The zero-order valence-corrected chi connectivity index (χ0v) is 12.3. The summed E-state index contributed by atoms with van der Waals surface area (Å²) in [4.78, 5) is 4.20. The first kappa shape index (κ1) is 14.5. The maximum Gasteiger partial charge on any atom is 0.191 e. The van der Waals surface area contributed by atoms with Crippen molar-refractivity contribution < 1.29 is 9.84 Å². The fraction of sp³-hybridized carbons (Fsp3) is 0.533. The molecule has 0 amide bonds. The first-order chi connectivity index (χ1) is 9.63. The van der Waals surface area contributed by atoms with Crippen LogP contribution in [0.15, 0.2) is 23.2 Å². The second-order valence-electron chi connectivity index (χ2n) is 5.21. The van der Waals surface area contributed by atoms with Gasteiger partial charge in [0.15, 0.2) is 5.96 Å². The lowest BCUT2D eigenvalue weighted by Gasteiger charge is -2.12. The molecule has 20 heavy (non-hydrogen) atoms. The molecule has 3 N–H and O–H groups in total. The van der Waals surface area contributed by atoms with Gasteiger partial charge in [0, 0.05) is 25.7 Å². The number of aromatic hydroxyl groups is 1. The van der Waals surface area contributed by atoms with Gasteiger partial charge < -0.3 is 20.5 Å². The molecule has 0 aromatic heterocycles. The number of ether oxygens (including phenoxy) is 1. The van der Waals surface area contributed by atoms with E-state index in [1.165, 1.54) is 6.42 Å². The lowest BCUT2D eigenvalue weighted by atomic mass is 10.1. The molecule has 2 rings (SSSR count). The van der Waals surface area contributed by atoms with E-state index in [4.69, 9.17) is 4.74 Å². The lowest BCUT2D eigenvalue weighted by molar-refractivity contribution is 0.406. The van der Waals surface area contributed by atoms with Crippen LogP contribution in [-0.4, -0.2) is 37.8 Å². The molecule has 2 unspecified atom stereocenters. The predicted octanol–water partition coefficient (Wildman–Crippen LogP) is 1.52. The van der Waals surface area contributed by atoms with Crippen LogP contribution in [-0.2, 0) is 6.42 Å². The Morgan fingerprint density at radius 2 is 2.25 bits per heavy atom. The van der Waals surface area contributed by atoms with Crippen LogP contribution in [0.1, 0.15) is 18.9 Å². The number of guanidine groups is 1. The standard InChI is InChI=1S/C15H23N3O2/c1-10-8-13(10)18-15(16-2)17-7-6-11-4-5-12(20-3)9-14(11)19/h4-5,9-10,13,19H,6-8H2,1-3H3,(H2,16,17,18). The van der Waals surface area contributed by atoms with Crippen molar-refractivity contribution in [2.45, 2.75) is 25.8 Å². The second-order valence-corrected chi connectivity index (χ2v) is 5.21. The van der Waals surface area contributed by atoms with E-state index in [0.29, 0.717) is 11.8 Å². The molecule has 0 aliphatic heterocycles. The Morgan fingerprint density at radius 1 is 1.50 bits per heavy atom. The van der Waals surface area contributed by atoms with Gasteiger partial charge in [-0.1, -0.05) is 13.0 Å². The molecule has 110 valence electrons. The predicted molar refractivity (Wildman–Crippen MR) is 80.4 cm³/mol. The molecule has 5 heteroatoms. The van der Waals surface area contributed by atoms with Gasteiger partial charge in [0.2, 0.25) is 0 Å². The highest BCUT2D eigenvalue weighted by Gasteiger charge is 2.33. The van der Waals surface area contributed by atoms with Crippen molar-refractivity contribution in [1.29, 1.82) is 0 Å². The molecule has 1 aromatic carbocycles. The van der Waals surface area contributed by atoms with Crippen LogP contribution in [0.4, 0.5) is 0 Å². The van der Waals surface area contributed by atoms with Crippen LogP contribution in [0.2, 0.25) is 0 Å². The molecule has 1 aromatic rings. The molecule has 0 bridgehead atoms. The normalized spacial score (nSPS) is 21.4. The molecule has 1 aliphatic rings. The van der Waals surface area contributed by atoms with Crippen LogP contribution < -0.4 is 15.4 Å². The number of methoxy groups -OCH3 is 1. The Labute approximate surface area is 120 Å². The van der Waals surface area contributed by atoms with Crippen molar-refractivity contribution in [3.8, 4) is 11.5 Å². The molecular formula is C15H23N3O2. The average Bonchev–Trinajstić information content (AvgIpc) is 3.14. The summed E-state index contributed by atoms with van der Waals surface area (Å²) in [5.41, 5.74) is 0.897. The SMILES string of the molecule is CN=C(NCCc1ccc(OC)cc1O)NC1CC1C. The van der Waals surface area contributed by atoms with E-state index >= 15 is 0 Å². The number of hydrogen-bond donors (Lipinski definition) is 3. The van der Waals surface area contributed by atoms with Crippen molar-refractivity contribution in [3.63, 3.8) is 0 Å². The van der Waals surface area contributed by atoms with E-state index in [1.54, 1.807) is 20.2 Å². The van der Waals surface area contributed by atoms with E-state index in [-0.39, 0.29) is 5.75 Å². The lowest BCUT2D eigenvalue weighted by Crippen LogP contribution is -2.39. The monoisotopic (exact) mass is 277 g/mol. The highest BCUT2D eigenvalue weighted by molar-refractivity contribution is 5.80. The summed E-state index contributed by atoms with van der Waals surface area (Å²) in [5, 5.41) is 16.5. The van der Waals surface area contributed by atoms with Crippen molar-refractivity contribution in [3.05, 3.63) is 23.8 Å². The quantitative estimate of drug-likeness (QED) is 0.564. The summed E-state index contributed by atoms with van der Waals surface area (Å²) in [6, 6.07) is 5.92. The largest absolute Gasteiger partial charge is 0.508 e.